The summed E-state index contributed by atoms with van der Waals surface area (Å²) in [6.07, 6.45) is 4.59. The maximum atomic E-state index is 12.4. The van der Waals surface area contributed by atoms with E-state index in [1.54, 1.807) is 41.2 Å². The van der Waals surface area contributed by atoms with E-state index in [1.165, 1.54) is 10.1 Å². The van der Waals surface area contributed by atoms with Crippen molar-refractivity contribution >= 4 is 21.2 Å². The highest BCUT2D eigenvalue weighted by Gasteiger charge is 2.25. The molecule has 154 valence electrons. The van der Waals surface area contributed by atoms with Crippen LogP contribution >= 0.6 is 11.3 Å². The first kappa shape index (κ1) is 18.7. The molecule has 0 atom stereocenters. The van der Waals surface area contributed by atoms with E-state index >= 15 is 0 Å². The van der Waals surface area contributed by atoms with Crippen molar-refractivity contribution < 1.29 is 22.3 Å². The van der Waals surface area contributed by atoms with E-state index in [4.69, 9.17) is 13.9 Å². The Morgan fingerprint density at radius 3 is 2.70 bits per heavy atom. The maximum absolute atomic E-state index is 12.4. The average Bonchev–Trinajstić information content (AvgIpc) is 3.47. The highest BCUT2D eigenvalue weighted by Crippen LogP contribution is 2.37. The fourth-order valence-electron chi connectivity index (χ4n) is 3.19. The Morgan fingerprint density at radius 2 is 1.93 bits per heavy atom. The smallest absolute Gasteiger partial charge is 0.437 e. The second-order valence-corrected chi connectivity index (χ2v) is 9.52. The Labute approximate surface area is 174 Å². The Hall–Kier alpha value is -3.31. The lowest BCUT2D eigenvalue weighted by Gasteiger charge is -2.06. The molecule has 1 aliphatic rings. The van der Waals surface area contributed by atoms with Gasteiger partial charge < -0.3 is 18.5 Å². The van der Waals surface area contributed by atoms with E-state index in [2.05, 4.69) is 5.10 Å². The molecule has 0 spiro atoms. The van der Waals surface area contributed by atoms with E-state index in [9.17, 15) is 13.2 Å². The van der Waals surface area contributed by atoms with Gasteiger partial charge in [0.25, 0.3) is 5.89 Å². The van der Waals surface area contributed by atoms with Gasteiger partial charge in [-0.2, -0.15) is 4.68 Å². The number of benzene rings is 1. The summed E-state index contributed by atoms with van der Waals surface area (Å²) in [5.74, 6) is 0.671. The fraction of sp³-hybridized carbons (Fsp3) is 0.158. The highest BCUT2D eigenvalue weighted by molar-refractivity contribution is 7.91. The van der Waals surface area contributed by atoms with Gasteiger partial charge in [-0.1, -0.05) is 6.07 Å². The summed E-state index contributed by atoms with van der Waals surface area (Å²) in [5, 5.41) is 5.83. The molecule has 1 aromatic carbocycles. The van der Waals surface area contributed by atoms with Gasteiger partial charge in [0.15, 0.2) is 21.3 Å². The summed E-state index contributed by atoms with van der Waals surface area (Å²) < 4.78 is 43.4. The molecule has 3 aromatic heterocycles. The molecule has 0 amide bonds. The topological polar surface area (TPSA) is 106 Å². The molecule has 0 saturated carbocycles. The molecule has 0 radical (unpaired) electrons. The second kappa shape index (κ2) is 6.89. The van der Waals surface area contributed by atoms with Gasteiger partial charge in [0.1, 0.15) is 9.77 Å². The molecule has 1 aliphatic heterocycles. The number of rotatable bonds is 5. The van der Waals surface area contributed by atoms with Crippen LogP contribution in [0.1, 0.15) is 5.56 Å². The van der Waals surface area contributed by atoms with Crippen LogP contribution in [0.25, 0.3) is 16.5 Å². The number of hydrogen-bond donors (Lipinski definition) is 0. The number of nitrogens with zero attached hydrogens (tertiary/aromatic N) is 3. The quantitative estimate of drug-likeness (QED) is 0.465. The molecule has 0 fully saturated rings. The first-order valence-corrected chi connectivity index (χ1v) is 11.6. The molecule has 11 heteroatoms. The minimum Gasteiger partial charge on any atom is -0.454 e. The molecular formula is C19H15N3O6S2. The minimum atomic E-state index is -3.49. The lowest BCUT2D eigenvalue weighted by atomic mass is 10.2. The monoisotopic (exact) mass is 445 g/mol. The Balaban J connectivity index is 1.55. The molecule has 0 unspecified atom stereocenters. The minimum absolute atomic E-state index is 0.0596. The first-order valence-electron chi connectivity index (χ1n) is 8.82. The summed E-state index contributed by atoms with van der Waals surface area (Å²) in [6.45, 7) is 0.332. The summed E-state index contributed by atoms with van der Waals surface area (Å²) in [7, 11) is -3.49. The molecule has 0 aliphatic carbocycles. The van der Waals surface area contributed by atoms with Gasteiger partial charge in [0.05, 0.1) is 12.2 Å². The van der Waals surface area contributed by atoms with Crippen LogP contribution in [0.3, 0.4) is 0 Å². The van der Waals surface area contributed by atoms with Crippen LogP contribution in [0.4, 0.5) is 0 Å². The largest absolute Gasteiger partial charge is 0.454 e. The normalized spacial score (nSPS) is 13.1. The van der Waals surface area contributed by atoms with Crippen molar-refractivity contribution in [3.8, 4) is 28.0 Å². The summed E-state index contributed by atoms with van der Waals surface area (Å²) in [5.41, 5.74) is 1.19. The van der Waals surface area contributed by atoms with Gasteiger partial charge in [0.2, 0.25) is 6.79 Å². The molecule has 0 bridgehead atoms. The van der Waals surface area contributed by atoms with E-state index in [-0.39, 0.29) is 24.1 Å². The zero-order chi connectivity index (χ0) is 20.9. The van der Waals surface area contributed by atoms with Gasteiger partial charge in [0, 0.05) is 24.0 Å². The predicted octanol–water partition coefficient (Wildman–Crippen LogP) is 2.54. The molecule has 9 nitrogen and oxygen atoms in total. The van der Waals surface area contributed by atoms with Crippen LogP contribution in [-0.4, -0.2) is 35.8 Å². The average molecular weight is 445 g/mol. The van der Waals surface area contributed by atoms with Crippen molar-refractivity contribution in [1.29, 1.82) is 0 Å². The van der Waals surface area contributed by atoms with E-state index in [0.717, 1.165) is 23.2 Å². The van der Waals surface area contributed by atoms with E-state index in [1.807, 2.05) is 6.07 Å². The van der Waals surface area contributed by atoms with Crippen molar-refractivity contribution in [2.24, 2.45) is 0 Å². The number of fused-ring (bicyclic) bond motifs is 1. The molecular weight excluding hydrogens is 430 g/mol. The lowest BCUT2D eigenvalue weighted by molar-refractivity contribution is 0.174. The first-order chi connectivity index (χ1) is 14.4. The Bertz CT molecular complexity index is 1400. The van der Waals surface area contributed by atoms with Crippen LogP contribution in [0.15, 0.2) is 62.2 Å². The summed E-state index contributed by atoms with van der Waals surface area (Å²) in [6, 6.07) is 8.92. The van der Waals surface area contributed by atoms with E-state index < -0.39 is 15.6 Å². The van der Waals surface area contributed by atoms with Crippen molar-refractivity contribution in [3.05, 3.63) is 64.2 Å². The molecule has 0 N–H and O–H groups in total. The number of thiophene rings is 1. The summed E-state index contributed by atoms with van der Waals surface area (Å²) in [4.78, 5) is 13.0. The molecule has 4 heterocycles. The predicted molar refractivity (Wildman–Crippen MR) is 108 cm³/mol. The third-order valence-electron chi connectivity index (χ3n) is 4.56. The maximum Gasteiger partial charge on any atom is 0.437 e. The molecule has 4 aromatic rings. The zero-order valence-corrected chi connectivity index (χ0v) is 17.3. The molecule has 0 saturated heterocycles. The number of sulfone groups is 1. The van der Waals surface area contributed by atoms with Crippen molar-refractivity contribution in [2.45, 2.75) is 11.4 Å². The number of aromatic nitrogens is 3. The van der Waals surface area contributed by atoms with E-state index in [0.29, 0.717) is 22.1 Å². The molecule has 5 rings (SSSR count). The van der Waals surface area contributed by atoms with Crippen LogP contribution in [0, 0.1) is 0 Å². The van der Waals surface area contributed by atoms with Crippen LogP contribution < -0.4 is 15.2 Å². The van der Waals surface area contributed by atoms with Crippen molar-refractivity contribution in [3.63, 3.8) is 0 Å². The molecule has 30 heavy (non-hydrogen) atoms. The van der Waals surface area contributed by atoms with Crippen molar-refractivity contribution in [1.82, 2.24) is 14.3 Å². The van der Waals surface area contributed by atoms with Crippen LogP contribution in [0.5, 0.6) is 11.5 Å². The third kappa shape index (κ3) is 3.21. The van der Waals surface area contributed by atoms with Gasteiger partial charge in [-0.3, -0.25) is 0 Å². The zero-order valence-electron chi connectivity index (χ0n) is 15.6. The highest BCUT2D eigenvalue weighted by atomic mass is 32.2. The second-order valence-electron chi connectivity index (χ2n) is 6.66. The number of ether oxygens (including phenoxy) is 2. The fourth-order valence-corrected chi connectivity index (χ4v) is 5.50. The number of hydrogen-bond acceptors (Lipinski definition) is 8. The third-order valence-corrected chi connectivity index (χ3v) is 6.78. The van der Waals surface area contributed by atoms with Crippen LogP contribution in [0.2, 0.25) is 0 Å². The van der Waals surface area contributed by atoms with Crippen molar-refractivity contribution in [2.75, 3.05) is 13.0 Å². The lowest BCUT2D eigenvalue weighted by Crippen LogP contribution is -2.16. The van der Waals surface area contributed by atoms with Gasteiger partial charge in [-0.05, 0) is 29.8 Å². The summed E-state index contributed by atoms with van der Waals surface area (Å²) >= 11 is 1.15. The standard InChI is InChI=1S/C19H15N3O6S2/c1-30(24,25)15-10-29-17(16(15)21-6-2-3-7-21)18-20-22(19(23)28-18)9-12-4-5-13-14(8-12)27-11-26-13/h2-8,10H,9,11H2,1H3. The van der Waals surface area contributed by atoms with Crippen LogP contribution in [-0.2, 0) is 16.4 Å². The SMILES string of the molecule is CS(=O)(=O)c1csc(-c2nn(Cc3ccc4c(c3)OCO4)c(=O)o2)c1-n1cccc1. The van der Waals surface area contributed by atoms with Gasteiger partial charge in [-0.25, -0.2) is 13.2 Å². The van der Waals surface area contributed by atoms with Gasteiger partial charge in [-0.15, -0.1) is 16.4 Å². The Morgan fingerprint density at radius 1 is 1.17 bits per heavy atom. The Kier molecular flexibility index (Phi) is 4.29. The van der Waals surface area contributed by atoms with Gasteiger partial charge >= 0.3 is 5.76 Å².